The lowest BCUT2D eigenvalue weighted by Crippen LogP contribution is -2.16. The van der Waals surface area contributed by atoms with Crippen molar-refractivity contribution in [1.29, 1.82) is 0 Å². The molecule has 0 amide bonds. The molecule has 0 saturated carbocycles. The fourth-order valence-electron chi connectivity index (χ4n) is 0.931. The van der Waals surface area contributed by atoms with Crippen LogP contribution in [0.5, 0.6) is 0 Å². The van der Waals surface area contributed by atoms with Gasteiger partial charge in [-0.05, 0) is 6.07 Å². The minimum atomic E-state index is 0.223. The van der Waals surface area contributed by atoms with Gasteiger partial charge in [-0.1, -0.05) is 12.1 Å². The van der Waals surface area contributed by atoms with Crippen LogP contribution in [0.15, 0.2) is 28.8 Å². The van der Waals surface area contributed by atoms with Crippen molar-refractivity contribution in [3.8, 4) is 0 Å². The first kappa shape index (κ1) is 10.8. The molecule has 1 aromatic heterocycles. The number of hydrogen-bond acceptors (Lipinski definition) is 5. The Hall–Kier alpha value is -1.30. The Labute approximate surface area is 86.4 Å². The van der Waals surface area contributed by atoms with Gasteiger partial charge in [-0.15, -0.1) is 11.8 Å². The number of amidine groups is 1. The number of rotatable bonds is 4. The van der Waals surface area contributed by atoms with Crippen LogP contribution in [-0.2, 0) is 0 Å². The lowest BCUT2D eigenvalue weighted by Gasteiger charge is -2.08. The summed E-state index contributed by atoms with van der Waals surface area (Å²) < 4.78 is 0. The highest BCUT2D eigenvalue weighted by Gasteiger charge is 2.07. The number of aromatic nitrogens is 2. The molecular weight excluding hydrogens is 200 g/mol. The smallest absolute Gasteiger partial charge is 0.140 e. The topological polar surface area (TPSA) is 84.4 Å². The minimum absolute atomic E-state index is 0.223. The van der Waals surface area contributed by atoms with Crippen molar-refractivity contribution < 1.29 is 5.21 Å². The van der Waals surface area contributed by atoms with Crippen LogP contribution in [0.25, 0.3) is 0 Å². The average Bonchev–Trinajstić information content (AvgIpc) is 2.19. The molecule has 76 valence electrons. The minimum Gasteiger partial charge on any atom is -0.409 e. The van der Waals surface area contributed by atoms with Gasteiger partial charge in [0.15, 0.2) is 0 Å². The molecule has 0 aliphatic rings. The van der Waals surface area contributed by atoms with Crippen LogP contribution in [-0.4, -0.2) is 26.3 Å². The molecule has 6 heteroatoms. The Morgan fingerprint density at radius 1 is 1.79 bits per heavy atom. The SMILES string of the molecule is CC(CC(N)=NO)Sc1ccncn1. The molecule has 5 nitrogen and oxygen atoms in total. The van der Waals surface area contributed by atoms with Crippen LogP contribution in [0.1, 0.15) is 13.3 Å². The largest absolute Gasteiger partial charge is 0.409 e. The van der Waals surface area contributed by atoms with Gasteiger partial charge < -0.3 is 10.9 Å². The van der Waals surface area contributed by atoms with Gasteiger partial charge in [-0.2, -0.15) is 0 Å². The molecule has 1 heterocycles. The summed E-state index contributed by atoms with van der Waals surface area (Å²) in [6.45, 7) is 1.99. The first-order valence-corrected chi connectivity index (χ1v) is 4.99. The van der Waals surface area contributed by atoms with Crippen molar-refractivity contribution in [2.24, 2.45) is 10.9 Å². The second kappa shape index (κ2) is 5.43. The molecule has 0 saturated heterocycles. The van der Waals surface area contributed by atoms with Crippen molar-refractivity contribution in [3.63, 3.8) is 0 Å². The van der Waals surface area contributed by atoms with E-state index < -0.39 is 0 Å². The Kier molecular flexibility index (Phi) is 4.18. The molecule has 3 N–H and O–H groups in total. The molecular formula is C8H12N4OS. The van der Waals surface area contributed by atoms with Gasteiger partial charge in [0, 0.05) is 17.9 Å². The van der Waals surface area contributed by atoms with Crippen molar-refractivity contribution in [2.45, 2.75) is 23.6 Å². The monoisotopic (exact) mass is 212 g/mol. The third-order valence-corrected chi connectivity index (χ3v) is 2.55. The van der Waals surface area contributed by atoms with Crippen LogP contribution in [0.4, 0.5) is 0 Å². The summed E-state index contributed by atoms with van der Waals surface area (Å²) in [6.07, 6.45) is 3.72. The van der Waals surface area contributed by atoms with E-state index in [0.717, 1.165) is 5.03 Å². The van der Waals surface area contributed by atoms with Crippen molar-refractivity contribution in [1.82, 2.24) is 9.97 Å². The summed E-state index contributed by atoms with van der Waals surface area (Å²) in [5, 5.41) is 12.4. The van der Waals surface area contributed by atoms with Crippen LogP contribution in [0.3, 0.4) is 0 Å². The zero-order valence-electron chi connectivity index (χ0n) is 7.79. The Balaban J connectivity index is 2.45. The van der Waals surface area contributed by atoms with Crippen LogP contribution >= 0.6 is 11.8 Å². The Bertz CT molecular complexity index is 303. The van der Waals surface area contributed by atoms with Crippen molar-refractivity contribution >= 4 is 17.6 Å². The normalized spacial score (nSPS) is 13.9. The van der Waals surface area contributed by atoms with E-state index in [-0.39, 0.29) is 11.1 Å². The van der Waals surface area contributed by atoms with Gasteiger partial charge >= 0.3 is 0 Å². The molecule has 0 spiro atoms. The summed E-state index contributed by atoms with van der Waals surface area (Å²) in [6, 6.07) is 1.83. The highest BCUT2D eigenvalue weighted by molar-refractivity contribution is 7.99. The Morgan fingerprint density at radius 2 is 2.57 bits per heavy atom. The van der Waals surface area contributed by atoms with Crippen LogP contribution in [0.2, 0.25) is 0 Å². The first-order chi connectivity index (χ1) is 6.72. The third kappa shape index (κ3) is 3.61. The predicted octanol–water partition coefficient (Wildman–Crippen LogP) is 1.09. The van der Waals surface area contributed by atoms with E-state index >= 15 is 0 Å². The molecule has 1 rings (SSSR count). The molecule has 0 aromatic carbocycles. The molecule has 0 fully saturated rings. The summed E-state index contributed by atoms with van der Waals surface area (Å²) >= 11 is 1.56. The van der Waals surface area contributed by atoms with Gasteiger partial charge in [-0.3, -0.25) is 0 Å². The van der Waals surface area contributed by atoms with E-state index in [1.165, 1.54) is 6.33 Å². The molecule has 1 aromatic rings. The average molecular weight is 212 g/mol. The zero-order chi connectivity index (χ0) is 10.4. The number of thioether (sulfide) groups is 1. The zero-order valence-corrected chi connectivity index (χ0v) is 8.61. The molecule has 0 aliphatic heterocycles. The second-order valence-corrected chi connectivity index (χ2v) is 4.23. The molecule has 0 bridgehead atoms. The maximum absolute atomic E-state index is 8.38. The first-order valence-electron chi connectivity index (χ1n) is 4.11. The molecule has 0 radical (unpaired) electrons. The Morgan fingerprint density at radius 3 is 3.14 bits per heavy atom. The predicted molar refractivity (Wildman–Crippen MR) is 55.4 cm³/mol. The van der Waals surface area contributed by atoms with E-state index in [1.54, 1.807) is 18.0 Å². The molecule has 0 aliphatic carbocycles. The number of nitrogens with two attached hydrogens (primary N) is 1. The standard InChI is InChI=1S/C8H12N4OS/c1-6(4-7(9)12-13)14-8-2-3-10-5-11-8/h2-3,5-6,13H,4H2,1H3,(H2,9,12). The summed E-state index contributed by atoms with van der Waals surface area (Å²) in [7, 11) is 0. The fourth-order valence-corrected chi connectivity index (χ4v) is 1.85. The van der Waals surface area contributed by atoms with Gasteiger partial charge in [0.05, 0.1) is 5.03 Å². The molecule has 14 heavy (non-hydrogen) atoms. The fraction of sp³-hybridized carbons (Fsp3) is 0.375. The van der Waals surface area contributed by atoms with E-state index in [0.29, 0.717) is 6.42 Å². The van der Waals surface area contributed by atoms with Crippen LogP contribution < -0.4 is 5.73 Å². The van der Waals surface area contributed by atoms with E-state index in [4.69, 9.17) is 10.9 Å². The van der Waals surface area contributed by atoms with Crippen molar-refractivity contribution in [3.05, 3.63) is 18.6 Å². The van der Waals surface area contributed by atoms with Gasteiger partial charge in [0.25, 0.3) is 0 Å². The van der Waals surface area contributed by atoms with Gasteiger partial charge in [-0.25, -0.2) is 9.97 Å². The lowest BCUT2D eigenvalue weighted by molar-refractivity contribution is 0.317. The van der Waals surface area contributed by atoms with Gasteiger partial charge in [0.1, 0.15) is 12.2 Å². The number of oxime groups is 1. The highest BCUT2D eigenvalue weighted by Crippen LogP contribution is 2.21. The quantitative estimate of drug-likeness (QED) is 0.195. The summed E-state index contributed by atoms with van der Waals surface area (Å²) in [5.74, 6) is 0.235. The maximum Gasteiger partial charge on any atom is 0.140 e. The number of hydrogen-bond donors (Lipinski definition) is 2. The summed E-state index contributed by atoms with van der Waals surface area (Å²) in [4.78, 5) is 7.88. The van der Waals surface area contributed by atoms with E-state index in [9.17, 15) is 0 Å². The van der Waals surface area contributed by atoms with E-state index in [2.05, 4.69) is 15.1 Å². The summed E-state index contributed by atoms with van der Waals surface area (Å²) in [5.41, 5.74) is 5.38. The highest BCUT2D eigenvalue weighted by atomic mass is 32.2. The van der Waals surface area contributed by atoms with Gasteiger partial charge in [0.2, 0.25) is 0 Å². The van der Waals surface area contributed by atoms with Crippen LogP contribution in [0, 0.1) is 0 Å². The maximum atomic E-state index is 8.38. The second-order valence-electron chi connectivity index (χ2n) is 2.77. The molecule has 1 unspecified atom stereocenters. The number of nitrogens with zero attached hydrogens (tertiary/aromatic N) is 3. The third-order valence-electron chi connectivity index (χ3n) is 1.50. The lowest BCUT2D eigenvalue weighted by atomic mass is 10.3. The van der Waals surface area contributed by atoms with Crippen molar-refractivity contribution in [2.75, 3.05) is 0 Å². The molecule has 1 atom stereocenters. The van der Waals surface area contributed by atoms with E-state index in [1.807, 2.05) is 13.0 Å².